The van der Waals surface area contributed by atoms with Crippen molar-refractivity contribution >= 4 is 50.5 Å². The molecule has 2 rings (SSSR count). The summed E-state index contributed by atoms with van der Waals surface area (Å²) in [5, 5.41) is 8.80. The van der Waals surface area contributed by atoms with E-state index in [1.54, 1.807) is 22.6 Å². The molecule has 16 heavy (non-hydrogen) atoms. The highest BCUT2D eigenvalue weighted by Crippen LogP contribution is 2.34. The standard InChI is InChI=1S/C9H4BrFINO3/c10-4-1-5(11)7(12)3-2-13(9(15)16)8(14)6(3)4/h1H,2H2,(H,15,16). The minimum Gasteiger partial charge on any atom is -0.465 e. The van der Waals surface area contributed by atoms with Gasteiger partial charge in [0.1, 0.15) is 5.82 Å². The van der Waals surface area contributed by atoms with E-state index in [1.165, 1.54) is 6.07 Å². The van der Waals surface area contributed by atoms with Crippen molar-refractivity contribution in [3.8, 4) is 0 Å². The SMILES string of the molecule is O=C(O)N1Cc2c(I)c(F)cc(Br)c2C1=O. The minimum absolute atomic E-state index is 0.0991. The Labute approximate surface area is 112 Å². The lowest BCUT2D eigenvalue weighted by atomic mass is 10.1. The van der Waals surface area contributed by atoms with Crippen molar-refractivity contribution in [1.82, 2.24) is 4.90 Å². The Bertz CT molecular complexity index is 520. The van der Waals surface area contributed by atoms with E-state index >= 15 is 0 Å². The number of halogens is 3. The molecule has 4 nitrogen and oxygen atoms in total. The number of carbonyl (C=O) groups is 2. The molecule has 0 fully saturated rings. The van der Waals surface area contributed by atoms with E-state index in [0.29, 0.717) is 10.5 Å². The van der Waals surface area contributed by atoms with E-state index in [-0.39, 0.29) is 20.2 Å². The zero-order valence-electron chi connectivity index (χ0n) is 7.63. The molecule has 0 atom stereocenters. The summed E-state index contributed by atoms with van der Waals surface area (Å²) in [7, 11) is 0. The zero-order chi connectivity index (χ0) is 12.0. The summed E-state index contributed by atoms with van der Waals surface area (Å²) < 4.78 is 13.9. The fourth-order valence-electron chi connectivity index (χ4n) is 1.54. The monoisotopic (exact) mass is 399 g/mol. The van der Waals surface area contributed by atoms with Crippen LogP contribution in [0, 0.1) is 9.39 Å². The Morgan fingerprint density at radius 3 is 2.81 bits per heavy atom. The normalized spacial score (nSPS) is 14.2. The maximum Gasteiger partial charge on any atom is 0.414 e. The van der Waals surface area contributed by atoms with E-state index in [9.17, 15) is 14.0 Å². The molecule has 0 radical (unpaired) electrons. The molecular weight excluding hydrogens is 396 g/mol. The Hall–Kier alpha value is -0.700. The Morgan fingerprint density at radius 1 is 1.62 bits per heavy atom. The van der Waals surface area contributed by atoms with Gasteiger partial charge in [0.15, 0.2) is 0 Å². The average Bonchev–Trinajstić information content (AvgIpc) is 2.53. The first-order valence-corrected chi connectivity index (χ1v) is 6.01. The molecule has 0 saturated carbocycles. The lowest BCUT2D eigenvalue weighted by Gasteiger charge is -2.06. The van der Waals surface area contributed by atoms with Gasteiger partial charge in [-0.25, -0.2) is 14.1 Å². The number of carboxylic acid groups (broad SMARTS) is 1. The number of fused-ring (bicyclic) bond motifs is 1. The van der Waals surface area contributed by atoms with Crippen LogP contribution in [0.5, 0.6) is 0 Å². The maximum absolute atomic E-state index is 13.4. The fourth-order valence-corrected chi connectivity index (χ4v) is 2.75. The lowest BCUT2D eigenvalue weighted by molar-refractivity contribution is 0.0763. The third kappa shape index (κ3) is 1.61. The van der Waals surface area contributed by atoms with Crippen LogP contribution in [0.2, 0.25) is 0 Å². The fraction of sp³-hybridized carbons (Fsp3) is 0.111. The Morgan fingerprint density at radius 2 is 2.25 bits per heavy atom. The number of hydrogen-bond donors (Lipinski definition) is 1. The molecule has 0 saturated heterocycles. The number of imide groups is 1. The summed E-state index contributed by atoms with van der Waals surface area (Å²) in [4.78, 5) is 23.2. The second-order valence-corrected chi connectivity index (χ2v) is 5.11. The van der Waals surface area contributed by atoms with Crippen LogP contribution in [0.3, 0.4) is 0 Å². The molecule has 1 heterocycles. The van der Waals surface area contributed by atoms with Gasteiger partial charge in [-0.2, -0.15) is 0 Å². The third-order valence-corrected chi connectivity index (χ3v) is 4.07. The van der Waals surface area contributed by atoms with Gasteiger partial charge in [0.05, 0.1) is 15.7 Å². The molecule has 2 amide bonds. The van der Waals surface area contributed by atoms with Crippen LogP contribution in [-0.2, 0) is 6.54 Å². The van der Waals surface area contributed by atoms with Gasteiger partial charge in [-0.3, -0.25) is 4.79 Å². The molecule has 0 spiro atoms. The molecule has 0 aromatic heterocycles. The van der Waals surface area contributed by atoms with Crippen molar-refractivity contribution in [2.24, 2.45) is 0 Å². The van der Waals surface area contributed by atoms with Gasteiger partial charge < -0.3 is 5.11 Å². The Kier molecular flexibility index (Phi) is 2.91. The van der Waals surface area contributed by atoms with Gasteiger partial charge in [-0.15, -0.1) is 0 Å². The first kappa shape index (κ1) is 11.8. The van der Waals surface area contributed by atoms with Crippen molar-refractivity contribution < 1.29 is 19.1 Å². The van der Waals surface area contributed by atoms with Crippen LogP contribution in [-0.4, -0.2) is 22.0 Å². The van der Waals surface area contributed by atoms with Crippen LogP contribution in [0.15, 0.2) is 10.5 Å². The number of hydrogen-bond acceptors (Lipinski definition) is 2. The van der Waals surface area contributed by atoms with Gasteiger partial charge in [0, 0.05) is 10.0 Å². The van der Waals surface area contributed by atoms with E-state index in [1.807, 2.05) is 0 Å². The van der Waals surface area contributed by atoms with Crippen LogP contribution in [0.1, 0.15) is 15.9 Å². The van der Waals surface area contributed by atoms with Crippen LogP contribution in [0.4, 0.5) is 9.18 Å². The number of rotatable bonds is 0. The molecule has 84 valence electrons. The predicted octanol–water partition coefficient (Wildman–Crippen LogP) is 2.83. The Balaban J connectivity index is 2.64. The van der Waals surface area contributed by atoms with Gasteiger partial charge in [0.25, 0.3) is 5.91 Å². The smallest absolute Gasteiger partial charge is 0.414 e. The first-order valence-electron chi connectivity index (χ1n) is 4.14. The van der Waals surface area contributed by atoms with Gasteiger partial charge in [0.2, 0.25) is 0 Å². The van der Waals surface area contributed by atoms with Crippen LogP contribution < -0.4 is 0 Å². The summed E-state index contributed by atoms with van der Waals surface area (Å²) in [5.41, 5.74) is 0.646. The van der Waals surface area contributed by atoms with Crippen molar-refractivity contribution in [3.05, 3.63) is 31.1 Å². The molecule has 1 N–H and O–H groups in total. The summed E-state index contributed by atoms with van der Waals surface area (Å²) in [5.74, 6) is -1.08. The zero-order valence-corrected chi connectivity index (χ0v) is 11.4. The number of benzene rings is 1. The van der Waals surface area contributed by atoms with Gasteiger partial charge >= 0.3 is 6.09 Å². The first-order chi connectivity index (χ1) is 7.43. The van der Waals surface area contributed by atoms with E-state index in [2.05, 4.69) is 15.9 Å². The molecule has 0 unspecified atom stereocenters. The predicted molar refractivity (Wildman–Crippen MR) is 64.7 cm³/mol. The minimum atomic E-state index is -1.33. The summed E-state index contributed by atoms with van der Waals surface area (Å²) in [6.07, 6.45) is -1.33. The largest absolute Gasteiger partial charge is 0.465 e. The van der Waals surface area contributed by atoms with E-state index < -0.39 is 17.8 Å². The molecule has 1 aromatic rings. The van der Waals surface area contributed by atoms with Gasteiger partial charge in [-0.1, -0.05) is 0 Å². The number of nitrogens with zero attached hydrogens (tertiary/aromatic N) is 1. The highest BCUT2D eigenvalue weighted by molar-refractivity contribution is 14.1. The van der Waals surface area contributed by atoms with Crippen molar-refractivity contribution in [2.75, 3.05) is 0 Å². The molecule has 7 heteroatoms. The molecule has 1 aromatic carbocycles. The van der Waals surface area contributed by atoms with Gasteiger partial charge in [-0.05, 0) is 44.6 Å². The summed E-state index contributed by atoms with van der Waals surface area (Å²) in [6.45, 7) is -0.0991. The van der Waals surface area contributed by atoms with Crippen LogP contribution in [0.25, 0.3) is 0 Å². The second kappa shape index (κ2) is 3.95. The van der Waals surface area contributed by atoms with Crippen molar-refractivity contribution in [1.29, 1.82) is 0 Å². The maximum atomic E-state index is 13.4. The second-order valence-electron chi connectivity index (χ2n) is 3.18. The molecular formula is C9H4BrFINO3. The summed E-state index contributed by atoms with van der Waals surface area (Å²) >= 11 is 4.83. The molecule has 0 bridgehead atoms. The highest BCUT2D eigenvalue weighted by atomic mass is 127. The van der Waals surface area contributed by atoms with Crippen molar-refractivity contribution in [2.45, 2.75) is 6.54 Å². The molecule has 1 aliphatic rings. The summed E-state index contributed by atoms with van der Waals surface area (Å²) in [6, 6.07) is 1.17. The quantitative estimate of drug-likeness (QED) is 0.539. The van der Waals surface area contributed by atoms with E-state index in [4.69, 9.17) is 5.11 Å². The molecule has 1 aliphatic heterocycles. The van der Waals surface area contributed by atoms with Crippen molar-refractivity contribution in [3.63, 3.8) is 0 Å². The average molecular weight is 400 g/mol. The van der Waals surface area contributed by atoms with E-state index in [0.717, 1.165) is 0 Å². The van der Waals surface area contributed by atoms with Crippen LogP contribution >= 0.6 is 38.5 Å². The lowest BCUT2D eigenvalue weighted by Crippen LogP contribution is -2.29. The topological polar surface area (TPSA) is 57.6 Å². The number of amides is 2. The number of carbonyl (C=O) groups excluding carboxylic acids is 1. The third-order valence-electron chi connectivity index (χ3n) is 2.27. The molecule has 0 aliphatic carbocycles. The highest BCUT2D eigenvalue weighted by Gasteiger charge is 2.36.